The molecule has 0 saturated carbocycles. The van der Waals surface area contributed by atoms with Crippen molar-refractivity contribution in [3.63, 3.8) is 0 Å². The molecule has 0 atom stereocenters. The molecule has 0 radical (unpaired) electrons. The third-order valence-corrected chi connectivity index (χ3v) is 6.39. The fraction of sp³-hybridized carbons (Fsp3) is 0.333. The van der Waals surface area contributed by atoms with Crippen molar-refractivity contribution in [3.05, 3.63) is 55.6 Å². The van der Waals surface area contributed by atoms with Gasteiger partial charge in [0.15, 0.2) is 0 Å². The van der Waals surface area contributed by atoms with Gasteiger partial charge in [-0.2, -0.15) is 13.2 Å². The molecular formula is C15H12ClF4N3O4S. The lowest BCUT2D eigenvalue weighted by Crippen LogP contribution is -2.41. The summed E-state index contributed by atoms with van der Waals surface area (Å²) in [6.45, 7) is 0.0487. The lowest BCUT2D eigenvalue weighted by Gasteiger charge is -2.20. The van der Waals surface area contributed by atoms with Gasteiger partial charge in [-0.3, -0.25) is 13.7 Å². The number of sulfonamides is 1. The maximum absolute atomic E-state index is 14.4. The van der Waals surface area contributed by atoms with Crippen molar-refractivity contribution in [3.8, 4) is 5.69 Å². The molecule has 28 heavy (non-hydrogen) atoms. The molecule has 0 aliphatic carbocycles. The summed E-state index contributed by atoms with van der Waals surface area (Å²) >= 11 is 5.93. The van der Waals surface area contributed by atoms with E-state index in [2.05, 4.69) is 0 Å². The van der Waals surface area contributed by atoms with Gasteiger partial charge in [0.25, 0.3) is 5.56 Å². The van der Waals surface area contributed by atoms with Gasteiger partial charge in [-0.1, -0.05) is 11.6 Å². The third kappa shape index (κ3) is 3.30. The third-order valence-electron chi connectivity index (χ3n) is 4.24. The van der Waals surface area contributed by atoms with Crippen LogP contribution in [0.15, 0.2) is 27.8 Å². The molecule has 0 amide bonds. The molecule has 2 heterocycles. The first kappa shape index (κ1) is 20.4. The van der Waals surface area contributed by atoms with Gasteiger partial charge in [-0.25, -0.2) is 22.2 Å². The Kier molecular flexibility index (Phi) is 4.82. The Labute approximate surface area is 160 Å². The second kappa shape index (κ2) is 6.62. The van der Waals surface area contributed by atoms with E-state index in [1.807, 2.05) is 0 Å². The van der Waals surface area contributed by atoms with Crippen LogP contribution in [0.4, 0.5) is 23.2 Å². The van der Waals surface area contributed by atoms with Gasteiger partial charge in [-0.05, 0) is 18.6 Å². The quantitative estimate of drug-likeness (QED) is 0.666. The Hall–Kier alpha value is -2.34. The molecule has 152 valence electrons. The van der Waals surface area contributed by atoms with Crippen molar-refractivity contribution < 1.29 is 26.0 Å². The Morgan fingerprint density at radius 3 is 2.29 bits per heavy atom. The van der Waals surface area contributed by atoms with Gasteiger partial charge in [0.2, 0.25) is 10.0 Å². The number of aromatic nitrogens is 2. The van der Waals surface area contributed by atoms with Crippen LogP contribution in [-0.4, -0.2) is 29.8 Å². The number of hydrogen-bond donors (Lipinski definition) is 0. The monoisotopic (exact) mass is 441 g/mol. The largest absolute Gasteiger partial charge is 0.431 e. The average Bonchev–Trinajstić information content (AvgIpc) is 2.91. The van der Waals surface area contributed by atoms with E-state index in [0.717, 1.165) is 17.4 Å². The first-order valence-electron chi connectivity index (χ1n) is 7.74. The van der Waals surface area contributed by atoms with E-state index in [1.165, 1.54) is 0 Å². The molecule has 2 aromatic rings. The van der Waals surface area contributed by atoms with E-state index in [-0.39, 0.29) is 44.6 Å². The van der Waals surface area contributed by atoms with E-state index in [1.54, 1.807) is 0 Å². The Morgan fingerprint density at radius 1 is 1.11 bits per heavy atom. The van der Waals surface area contributed by atoms with Crippen LogP contribution in [0.5, 0.6) is 0 Å². The van der Waals surface area contributed by atoms with Crippen molar-refractivity contribution in [2.75, 3.05) is 16.6 Å². The smallest absolute Gasteiger partial charge is 0.292 e. The zero-order chi connectivity index (χ0) is 21.0. The van der Waals surface area contributed by atoms with Gasteiger partial charge in [0, 0.05) is 19.7 Å². The summed E-state index contributed by atoms with van der Waals surface area (Å²) in [6.07, 6.45) is -4.69. The fourth-order valence-electron chi connectivity index (χ4n) is 2.92. The highest BCUT2D eigenvalue weighted by Crippen LogP contribution is 2.34. The summed E-state index contributed by atoms with van der Waals surface area (Å²) in [5.41, 5.74) is -5.26. The summed E-state index contributed by atoms with van der Waals surface area (Å²) < 4.78 is 78.8. The van der Waals surface area contributed by atoms with Gasteiger partial charge < -0.3 is 0 Å². The molecular weight excluding hydrogens is 430 g/mol. The van der Waals surface area contributed by atoms with Gasteiger partial charge in [-0.15, -0.1) is 0 Å². The standard InChI is InChI=1S/C15H12ClF4N3O4S/c1-21-12(15(18,19)20)7-13(24)23(14(21)25)11-6-10(8(16)5-9(11)17)22-3-2-4-28(22,26)27/h5-7H,2-4H2,1H3. The van der Waals surface area contributed by atoms with E-state index < -0.39 is 44.6 Å². The summed E-state index contributed by atoms with van der Waals surface area (Å²) in [6, 6.07) is 1.71. The summed E-state index contributed by atoms with van der Waals surface area (Å²) in [7, 11) is -2.94. The molecule has 1 aliphatic heterocycles. The first-order chi connectivity index (χ1) is 12.8. The van der Waals surface area contributed by atoms with Crippen LogP contribution in [-0.2, 0) is 23.2 Å². The molecule has 0 N–H and O–H groups in total. The highest BCUT2D eigenvalue weighted by atomic mass is 35.5. The Morgan fingerprint density at radius 2 is 1.75 bits per heavy atom. The Bertz CT molecular complexity index is 1190. The minimum atomic E-state index is -4.97. The fourth-order valence-corrected chi connectivity index (χ4v) is 4.79. The lowest BCUT2D eigenvalue weighted by molar-refractivity contribution is -0.144. The van der Waals surface area contributed by atoms with Gasteiger partial charge in [0.1, 0.15) is 11.5 Å². The lowest BCUT2D eigenvalue weighted by atomic mass is 10.2. The number of benzene rings is 1. The van der Waals surface area contributed by atoms with Crippen LogP contribution in [0.25, 0.3) is 5.69 Å². The number of alkyl halides is 3. The summed E-state index contributed by atoms with van der Waals surface area (Å²) in [5.74, 6) is -1.35. The first-order valence-corrected chi connectivity index (χ1v) is 9.73. The minimum absolute atomic E-state index is 0.0487. The average molecular weight is 442 g/mol. The molecule has 1 aromatic carbocycles. The molecule has 1 fully saturated rings. The van der Waals surface area contributed by atoms with Crippen molar-refractivity contribution >= 4 is 27.3 Å². The van der Waals surface area contributed by atoms with Crippen molar-refractivity contribution in [1.29, 1.82) is 0 Å². The van der Waals surface area contributed by atoms with Crippen molar-refractivity contribution in [2.45, 2.75) is 12.6 Å². The number of hydrogen-bond acceptors (Lipinski definition) is 4. The van der Waals surface area contributed by atoms with Crippen LogP contribution in [0.3, 0.4) is 0 Å². The second-order valence-corrected chi connectivity index (χ2v) is 8.46. The van der Waals surface area contributed by atoms with E-state index in [4.69, 9.17) is 11.6 Å². The second-order valence-electron chi connectivity index (χ2n) is 6.04. The predicted octanol–water partition coefficient (Wildman–Crippen LogP) is 1.89. The van der Waals surface area contributed by atoms with E-state index >= 15 is 0 Å². The highest BCUT2D eigenvalue weighted by Gasteiger charge is 2.36. The zero-order valence-electron chi connectivity index (χ0n) is 14.1. The van der Waals surface area contributed by atoms with Crippen LogP contribution in [0.2, 0.25) is 5.02 Å². The normalized spacial score (nSPS) is 16.6. The molecule has 1 saturated heterocycles. The van der Waals surface area contributed by atoms with E-state index in [9.17, 15) is 35.6 Å². The van der Waals surface area contributed by atoms with Crippen molar-refractivity contribution in [2.24, 2.45) is 7.05 Å². The topological polar surface area (TPSA) is 81.4 Å². The van der Waals surface area contributed by atoms with Crippen molar-refractivity contribution in [1.82, 2.24) is 9.13 Å². The highest BCUT2D eigenvalue weighted by molar-refractivity contribution is 7.93. The van der Waals surface area contributed by atoms with Gasteiger partial charge in [0.05, 0.1) is 22.2 Å². The number of rotatable bonds is 2. The predicted molar refractivity (Wildman–Crippen MR) is 93.0 cm³/mol. The SMILES string of the molecule is Cn1c(C(F)(F)F)cc(=O)n(-c2cc(N3CCCS3(=O)=O)c(Cl)cc2F)c1=O. The summed E-state index contributed by atoms with van der Waals surface area (Å²) in [5, 5.41) is -0.288. The van der Waals surface area contributed by atoms with Crippen LogP contribution in [0.1, 0.15) is 12.1 Å². The minimum Gasteiger partial charge on any atom is -0.292 e. The molecule has 1 aromatic heterocycles. The molecule has 0 unspecified atom stereocenters. The number of halogens is 5. The molecule has 1 aliphatic rings. The zero-order valence-corrected chi connectivity index (χ0v) is 15.7. The number of nitrogens with zero attached hydrogens (tertiary/aromatic N) is 3. The van der Waals surface area contributed by atoms with Crippen LogP contribution >= 0.6 is 11.6 Å². The maximum Gasteiger partial charge on any atom is 0.431 e. The molecule has 0 spiro atoms. The summed E-state index contributed by atoms with van der Waals surface area (Å²) in [4.78, 5) is 24.5. The number of anilines is 1. The van der Waals surface area contributed by atoms with Crippen LogP contribution < -0.4 is 15.6 Å². The molecule has 13 heteroatoms. The molecule has 3 rings (SSSR count). The molecule has 7 nitrogen and oxygen atoms in total. The maximum atomic E-state index is 14.4. The molecule has 0 bridgehead atoms. The van der Waals surface area contributed by atoms with E-state index in [0.29, 0.717) is 6.07 Å². The van der Waals surface area contributed by atoms with Gasteiger partial charge >= 0.3 is 11.9 Å². The Balaban J connectivity index is 2.29. The van der Waals surface area contributed by atoms with Crippen LogP contribution in [0, 0.1) is 5.82 Å².